The lowest BCUT2D eigenvalue weighted by atomic mass is 9.95. The lowest BCUT2D eigenvalue weighted by molar-refractivity contribution is 0.329. The van der Waals surface area contributed by atoms with Crippen molar-refractivity contribution in [3.8, 4) is 11.4 Å². The van der Waals surface area contributed by atoms with Crippen molar-refractivity contribution in [2.75, 3.05) is 0 Å². The van der Waals surface area contributed by atoms with Crippen molar-refractivity contribution in [1.29, 1.82) is 0 Å². The molecule has 1 aromatic heterocycles. The van der Waals surface area contributed by atoms with Gasteiger partial charge in [0.25, 0.3) is 0 Å². The maximum atomic E-state index is 6.31. The second-order valence-electron chi connectivity index (χ2n) is 5.27. The van der Waals surface area contributed by atoms with Gasteiger partial charge in [-0.15, -0.1) is 0 Å². The Kier molecular flexibility index (Phi) is 3.29. The molecule has 1 fully saturated rings. The topological polar surface area (TPSA) is 64.9 Å². The molecule has 1 aliphatic carbocycles. The molecule has 1 aromatic carbocycles. The summed E-state index contributed by atoms with van der Waals surface area (Å²) in [6.45, 7) is 0. The molecule has 3 rings (SSSR count). The van der Waals surface area contributed by atoms with Gasteiger partial charge in [-0.3, -0.25) is 0 Å². The molecule has 0 bridgehead atoms. The van der Waals surface area contributed by atoms with Gasteiger partial charge in [0.1, 0.15) is 0 Å². The zero-order chi connectivity index (χ0) is 13.3. The average molecular weight is 278 g/mol. The monoisotopic (exact) mass is 277 g/mol. The number of hydrogen-bond acceptors (Lipinski definition) is 4. The van der Waals surface area contributed by atoms with Crippen LogP contribution in [0.25, 0.3) is 11.4 Å². The third-order valence-corrected chi connectivity index (χ3v) is 3.89. The SMILES string of the molecule is NC1(Cc2nc(-c3cccc(Cl)c3)no2)CCCC1. The van der Waals surface area contributed by atoms with Crippen LogP contribution in [-0.2, 0) is 6.42 Å². The highest BCUT2D eigenvalue weighted by molar-refractivity contribution is 6.30. The maximum absolute atomic E-state index is 6.31. The van der Waals surface area contributed by atoms with Gasteiger partial charge in [-0.2, -0.15) is 4.98 Å². The standard InChI is InChI=1S/C14H16ClN3O/c15-11-5-3-4-10(8-11)13-17-12(19-18-13)9-14(16)6-1-2-7-14/h3-5,8H,1-2,6-7,9,16H2. The number of halogens is 1. The van der Waals surface area contributed by atoms with Crippen LogP contribution in [0, 0.1) is 0 Å². The molecule has 4 nitrogen and oxygen atoms in total. The summed E-state index contributed by atoms with van der Waals surface area (Å²) in [6.07, 6.45) is 5.09. The molecule has 0 spiro atoms. The van der Waals surface area contributed by atoms with Gasteiger partial charge in [-0.1, -0.05) is 41.7 Å². The summed E-state index contributed by atoms with van der Waals surface area (Å²) in [5, 5.41) is 4.66. The second kappa shape index (κ2) is 4.94. The third kappa shape index (κ3) is 2.80. The fourth-order valence-electron chi connectivity index (χ4n) is 2.63. The van der Waals surface area contributed by atoms with E-state index in [1.54, 1.807) is 0 Å². The Hall–Kier alpha value is -1.39. The first kappa shape index (κ1) is 12.6. The number of nitrogens with two attached hydrogens (primary N) is 1. The first-order chi connectivity index (χ1) is 9.15. The van der Waals surface area contributed by atoms with Crippen LogP contribution < -0.4 is 5.73 Å². The van der Waals surface area contributed by atoms with Crippen molar-refractivity contribution in [2.45, 2.75) is 37.6 Å². The molecule has 2 aromatic rings. The van der Waals surface area contributed by atoms with Crippen molar-refractivity contribution < 1.29 is 4.52 Å². The van der Waals surface area contributed by atoms with Crippen LogP contribution in [0.4, 0.5) is 0 Å². The summed E-state index contributed by atoms with van der Waals surface area (Å²) in [4.78, 5) is 4.41. The Bertz CT molecular complexity index is 576. The fourth-order valence-corrected chi connectivity index (χ4v) is 2.82. The van der Waals surface area contributed by atoms with E-state index in [2.05, 4.69) is 10.1 Å². The lowest BCUT2D eigenvalue weighted by Crippen LogP contribution is -2.38. The van der Waals surface area contributed by atoms with Gasteiger partial charge in [0, 0.05) is 22.5 Å². The molecule has 19 heavy (non-hydrogen) atoms. The molecule has 100 valence electrons. The molecule has 1 aliphatic rings. The normalized spacial score (nSPS) is 17.8. The first-order valence-corrected chi connectivity index (χ1v) is 6.90. The van der Waals surface area contributed by atoms with Crippen molar-refractivity contribution in [3.63, 3.8) is 0 Å². The van der Waals surface area contributed by atoms with Crippen LogP contribution in [0.15, 0.2) is 28.8 Å². The third-order valence-electron chi connectivity index (χ3n) is 3.65. The molecule has 1 heterocycles. The van der Waals surface area contributed by atoms with Crippen LogP contribution in [-0.4, -0.2) is 15.7 Å². The van der Waals surface area contributed by atoms with Crippen molar-refractivity contribution in [3.05, 3.63) is 35.2 Å². The fraction of sp³-hybridized carbons (Fsp3) is 0.429. The van der Waals surface area contributed by atoms with Crippen LogP contribution in [0.2, 0.25) is 5.02 Å². The molecule has 1 saturated carbocycles. The largest absolute Gasteiger partial charge is 0.339 e. The minimum atomic E-state index is -0.169. The highest BCUT2D eigenvalue weighted by atomic mass is 35.5. The van der Waals surface area contributed by atoms with Crippen LogP contribution in [0.3, 0.4) is 0 Å². The van der Waals surface area contributed by atoms with E-state index in [4.69, 9.17) is 21.9 Å². The van der Waals surface area contributed by atoms with Gasteiger partial charge >= 0.3 is 0 Å². The number of benzene rings is 1. The van der Waals surface area contributed by atoms with Gasteiger partial charge in [-0.25, -0.2) is 0 Å². The van der Waals surface area contributed by atoms with E-state index in [1.165, 1.54) is 12.8 Å². The summed E-state index contributed by atoms with van der Waals surface area (Å²) in [6, 6.07) is 7.42. The smallest absolute Gasteiger partial charge is 0.228 e. The van der Waals surface area contributed by atoms with Gasteiger partial charge in [0.15, 0.2) is 0 Å². The Balaban J connectivity index is 1.79. The summed E-state index contributed by atoms with van der Waals surface area (Å²) in [5.41, 5.74) is 7.01. The number of nitrogens with zero attached hydrogens (tertiary/aromatic N) is 2. The van der Waals surface area contributed by atoms with Gasteiger partial charge in [0.05, 0.1) is 0 Å². The first-order valence-electron chi connectivity index (χ1n) is 6.52. The van der Waals surface area contributed by atoms with E-state index in [0.717, 1.165) is 18.4 Å². The van der Waals surface area contributed by atoms with Crippen molar-refractivity contribution in [2.24, 2.45) is 5.73 Å². The molecule has 0 atom stereocenters. The summed E-state index contributed by atoms with van der Waals surface area (Å²) >= 11 is 5.96. The van der Waals surface area contributed by atoms with Crippen LogP contribution in [0.5, 0.6) is 0 Å². The Labute approximate surface area is 117 Å². The predicted molar refractivity (Wildman–Crippen MR) is 73.8 cm³/mol. The van der Waals surface area contributed by atoms with E-state index < -0.39 is 0 Å². The number of aromatic nitrogens is 2. The summed E-state index contributed by atoms with van der Waals surface area (Å²) < 4.78 is 5.30. The summed E-state index contributed by atoms with van der Waals surface area (Å²) in [7, 11) is 0. The highest BCUT2D eigenvalue weighted by Gasteiger charge is 2.31. The van der Waals surface area contributed by atoms with E-state index in [9.17, 15) is 0 Å². The molecular weight excluding hydrogens is 262 g/mol. The van der Waals surface area contributed by atoms with Gasteiger partial charge in [0.2, 0.25) is 11.7 Å². The van der Waals surface area contributed by atoms with Gasteiger partial charge < -0.3 is 10.3 Å². The Morgan fingerprint density at radius 1 is 1.32 bits per heavy atom. The van der Waals surface area contributed by atoms with Gasteiger partial charge in [-0.05, 0) is 25.0 Å². The maximum Gasteiger partial charge on any atom is 0.228 e. The van der Waals surface area contributed by atoms with E-state index in [1.807, 2.05) is 24.3 Å². The quantitative estimate of drug-likeness (QED) is 0.936. The highest BCUT2D eigenvalue weighted by Crippen LogP contribution is 2.30. The minimum absolute atomic E-state index is 0.169. The Morgan fingerprint density at radius 3 is 2.84 bits per heavy atom. The molecule has 0 unspecified atom stereocenters. The van der Waals surface area contributed by atoms with E-state index in [0.29, 0.717) is 23.2 Å². The summed E-state index contributed by atoms with van der Waals surface area (Å²) in [5.74, 6) is 1.18. The zero-order valence-corrected chi connectivity index (χ0v) is 11.4. The molecular formula is C14H16ClN3O. The van der Waals surface area contributed by atoms with Crippen molar-refractivity contribution >= 4 is 11.6 Å². The molecule has 0 aliphatic heterocycles. The molecule has 0 amide bonds. The Morgan fingerprint density at radius 2 is 2.11 bits per heavy atom. The second-order valence-corrected chi connectivity index (χ2v) is 5.70. The zero-order valence-electron chi connectivity index (χ0n) is 10.6. The molecule has 5 heteroatoms. The number of rotatable bonds is 3. The predicted octanol–water partition coefficient (Wildman–Crippen LogP) is 3.20. The number of hydrogen-bond donors (Lipinski definition) is 1. The van der Waals surface area contributed by atoms with Crippen LogP contribution in [0.1, 0.15) is 31.6 Å². The molecule has 0 radical (unpaired) electrons. The van der Waals surface area contributed by atoms with E-state index >= 15 is 0 Å². The van der Waals surface area contributed by atoms with Crippen molar-refractivity contribution in [1.82, 2.24) is 10.1 Å². The average Bonchev–Trinajstić information content (AvgIpc) is 2.99. The molecule has 0 saturated heterocycles. The lowest BCUT2D eigenvalue weighted by Gasteiger charge is -2.20. The molecule has 2 N–H and O–H groups in total. The van der Waals surface area contributed by atoms with E-state index in [-0.39, 0.29) is 5.54 Å². The minimum Gasteiger partial charge on any atom is -0.339 e. The van der Waals surface area contributed by atoms with Crippen LogP contribution >= 0.6 is 11.6 Å².